The van der Waals surface area contributed by atoms with E-state index in [2.05, 4.69) is 4.90 Å². The molecular formula is C15H20ClN3O3. The van der Waals surface area contributed by atoms with E-state index in [1.807, 2.05) is 13.8 Å². The van der Waals surface area contributed by atoms with E-state index in [0.29, 0.717) is 12.2 Å². The maximum atomic E-state index is 12.3. The smallest absolute Gasteiger partial charge is 0.302 e. The molecule has 0 bridgehead atoms. The minimum absolute atomic E-state index is 0. The van der Waals surface area contributed by atoms with E-state index < -0.39 is 17.8 Å². The molecule has 1 aliphatic heterocycles. The lowest BCUT2D eigenvalue weighted by Crippen LogP contribution is -2.39. The summed E-state index contributed by atoms with van der Waals surface area (Å²) in [4.78, 5) is 40.4. The van der Waals surface area contributed by atoms with Crippen LogP contribution >= 0.6 is 12.4 Å². The number of likely N-dealkylation sites (N-methyl/N-ethyl adjacent to an activating group) is 1. The monoisotopic (exact) mass is 325 g/mol. The number of carbonyl (C=O) groups excluding carboxylic acids is 3. The number of hydrogen-bond acceptors (Lipinski definition) is 4. The maximum Gasteiger partial charge on any atom is 0.338 e. The second-order valence-electron chi connectivity index (χ2n) is 4.74. The molecule has 6 nitrogen and oxygen atoms in total. The zero-order chi connectivity index (χ0) is 15.4. The van der Waals surface area contributed by atoms with Gasteiger partial charge in [-0.2, -0.15) is 0 Å². The van der Waals surface area contributed by atoms with Crippen LogP contribution in [-0.2, 0) is 9.59 Å². The molecular weight excluding hydrogens is 306 g/mol. The van der Waals surface area contributed by atoms with Gasteiger partial charge >= 0.3 is 17.8 Å². The predicted molar refractivity (Wildman–Crippen MR) is 86.1 cm³/mol. The summed E-state index contributed by atoms with van der Waals surface area (Å²) in [6.07, 6.45) is 0. The molecule has 0 spiro atoms. The van der Waals surface area contributed by atoms with Crippen LogP contribution in [0, 0.1) is 0 Å². The molecule has 1 aromatic rings. The Morgan fingerprint density at radius 2 is 1.55 bits per heavy atom. The van der Waals surface area contributed by atoms with Crippen molar-refractivity contribution in [2.45, 2.75) is 13.8 Å². The summed E-state index contributed by atoms with van der Waals surface area (Å²) in [7, 11) is 0. The maximum absolute atomic E-state index is 12.3. The Labute approximate surface area is 136 Å². The summed E-state index contributed by atoms with van der Waals surface area (Å²) < 4.78 is 0. The molecule has 1 heterocycles. The summed E-state index contributed by atoms with van der Waals surface area (Å²) in [5.74, 6) is -1.54. The zero-order valence-electron chi connectivity index (χ0n) is 12.7. The lowest BCUT2D eigenvalue weighted by Gasteiger charge is -2.21. The molecule has 0 aromatic heterocycles. The van der Waals surface area contributed by atoms with Crippen LogP contribution in [0.25, 0.3) is 0 Å². The fraction of sp³-hybridized carbons (Fsp3) is 0.400. The molecule has 0 N–H and O–H groups in total. The van der Waals surface area contributed by atoms with E-state index in [4.69, 9.17) is 0 Å². The van der Waals surface area contributed by atoms with Crippen molar-refractivity contribution < 1.29 is 14.4 Å². The molecule has 0 atom stereocenters. The van der Waals surface area contributed by atoms with Crippen LogP contribution in [0.2, 0.25) is 0 Å². The van der Waals surface area contributed by atoms with Gasteiger partial charge in [0.15, 0.2) is 0 Å². The number of amides is 4. The summed E-state index contributed by atoms with van der Waals surface area (Å²) in [5, 5.41) is 0. The molecule has 0 radical (unpaired) electrons. The van der Waals surface area contributed by atoms with Gasteiger partial charge in [-0.05, 0) is 25.2 Å². The van der Waals surface area contributed by atoms with Crippen LogP contribution < -0.4 is 4.90 Å². The normalized spacial score (nSPS) is 14.8. The lowest BCUT2D eigenvalue weighted by atomic mass is 10.3. The first kappa shape index (κ1) is 18.1. The molecule has 0 saturated carbocycles. The first-order valence-corrected chi connectivity index (χ1v) is 7.07. The van der Waals surface area contributed by atoms with E-state index in [1.54, 1.807) is 30.3 Å². The third kappa shape index (κ3) is 3.45. The van der Waals surface area contributed by atoms with Crippen molar-refractivity contribution in [1.82, 2.24) is 9.80 Å². The number of halogens is 1. The molecule has 22 heavy (non-hydrogen) atoms. The first-order chi connectivity index (χ1) is 10.1. The van der Waals surface area contributed by atoms with Gasteiger partial charge in [0.1, 0.15) is 0 Å². The van der Waals surface area contributed by atoms with Gasteiger partial charge in [-0.25, -0.2) is 9.69 Å². The van der Waals surface area contributed by atoms with Gasteiger partial charge in [-0.3, -0.25) is 14.5 Å². The van der Waals surface area contributed by atoms with E-state index >= 15 is 0 Å². The van der Waals surface area contributed by atoms with Gasteiger partial charge in [0.05, 0.1) is 5.69 Å². The number of nitrogens with zero attached hydrogens (tertiary/aromatic N) is 3. The number of rotatable bonds is 6. The average Bonchev–Trinajstić information content (AvgIpc) is 2.72. The summed E-state index contributed by atoms with van der Waals surface area (Å²) in [6.45, 7) is 6.50. The highest BCUT2D eigenvalue weighted by molar-refractivity contribution is 6.52. The SMILES string of the molecule is CCN(CC)CCN1C(=O)C(=O)N(c2ccccc2)C1=O.Cl. The van der Waals surface area contributed by atoms with Crippen molar-refractivity contribution in [3.8, 4) is 0 Å². The van der Waals surface area contributed by atoms with Crippen molar-refractivity contribution >= 4 is 35.9 Å². The highest BCUT2D eigenvalue weighted by Crippen LogP contribution is 2.21. The number of benzene rings is 1. The number of para-hydroxylation sites is 1. The van der Waals surface area contributed by atoms with E-state index in [1.165, 1.54) is 0 Å². The van der Waals surface area contributed by atoms with Crippen LogP contribution in [-0.4, -0.2) is 53.8 Å². The second-order valence-corrected chi connectivity index (χ2v) is 4.74. The minimum atomic E-state index is -0.786. The number of carbonyl (C=O) groups is 3. The largest absolute Gasteiger partial charge is 0.338 e. The minimum Gasteiger partial charge on any atom is -0.302 e. The summed E-state index contributed by atoms with van der Waals surface area (Å²) in [5.41, 5.74) is 0.422. The van der Waals surface area contributed by atoms with Crippen LogP contribution in [0.5, 0.6) is 0 Å². The van der Waals surface area contributed by atoms with Gasteiger partial charge in [-0.15, -0.1) is 12.4 Å². The molecule has 1 saturated heterocycles. The van der Waals surface area contributed by atoms with Crippen LogP contribution in [0.4, 0.5) is 10.5 Å². The van der Waals surface area contributed by atoms with Crippen molar-refractivity contribution in [1.29, 1.82) is 0 Å². The van der Waals surface area contributed by atoms with Crippen molar-refractivity contribution in [2.24, 2.45) is 0 Å². The Balaban J connectivity index is 0.00000242. The molecule has 0 unspecified atom stereocenters. The third-order valence-corrected chi connectivity index (χ3v) is 3.60. The second kappa shape index (κ2) is 7.91. The molecule has 1 fully saturated rings. The number of urea groups is 1. The van der Waals surface area contributed by atoms with Crippen LogP contribution in [0.15, 0.2) is 30.3 Å². The molecule has 7 heteroatoms. The van der Waals surface area contributed by atoms with Crippen LogP contribution in [0.1, 0.15) is 13.8 Å². The molecule has 2 rings (SSSR count). The van der Waals surface area contributed by atoms with Gasteiger partial charge in [0.25, 0.3) is 0 Å². The van der Waals surface area contributed by atoms with Gasteiger partial charge < -0.3 is 4.90 Å². The van der Waals surface area contributed by atoms with Gasteiger partial charge in [0.2, 0.25) is 0 Å². The number of imide groups is 2. The Bertz CT molecular complexity index is 546. The Kier molecular flexibility index (Phi) is 6.52. The number of hydrogen-bond donors (Lipinski definition) is 0. The first-order valence-electron chi connectivity index (χ1n) is 7.07. The lowest BCUT2D eigenvalue weighted by molar-refractivity contribution is -0.139. The fourth-order valence-corrected chi connectivity index (χ4v) is 2.29. The van der Waals surface area contributed by atoms with Crippen molar-refractivity contribution in [3.05, 3.63) is 30.3 Å². The van der Waals surface area contributed by atoms with E-state index in [0.717, 1.165) is 22.9 Å². The summed E-state index contributed by atoms with van der Waals surface area (Å²) >= 11 is 0. The molecule has 120 valence electrons. The summed E-state index contributed by atoms with van der Waals surface area (Å²) in [6, 6.07) is 7.93. The Morgan fingerprint density at radius 3 is 2.09 bits per heavy atom. The quantitative estimate of drug-likeness (QED) is 0.590. The Hall–Kier alpha value is -1.92. The van der Waals surface area contributed by atoms with Crippen LogP contribution in [0.3, 0.4) is 0 Å². The molecule has 1 aromatic carbocycles. The average molecular weight is 326 g/mol. The molecule has 1 aliphatic rings. The van der Waals surface area contributed by atoms with Gasteiger partial charge in [-0.1, -0.05) is 32.0 Å². The molecule has 4 amide bonds. The Morgan fingerprint density at radius 1 is 0.955 bits per heavy atom. The van der Waals surface area contributed by atoms with E-state index in [-0.39, 0.29) is 19.0 Å². The highest BCUT2D eigenvalue weighted by atomic mass is 35.5. The highest BCUT2D eigenvalue weighted by Gasteiger charge is 2.45. The van der Waals surface area contributed by atoms with Crippen molar-refractivity contribution in [3.63, 3.8) is 0 Å². The third-order valence-electron chi connectivity index (χ3n) is 3.60. The molecule has 0 aliphatic carbocycles. The van der Waals surface area contributed by atoms with Crippen molar-refractivity contribution in [2.75, 3.05) is 31.1 Å². The predicted octanol–water partition coefficient (Wildman–Crippen LogP) is 1.75. The number of anilines is 1. The van der Waals surface area contributed by atoms with Gasteiger partial charge in [0, 0.05) is 13.1 Å². The van der Waals surface area contributed by atoms with E-state index in [9.17, 15) is 14.4 Å². The topological polar surface area (TPSA) is 60.9 Å². The zero-order valence-corrected chi connectivity index (χ0v) is 13.5. The fourth-order valence-electron chi connectivity index (χ4n) is 2.29. The standard InChI is InChI=1S/C15H19N3O3.ClH/c1-3-16(4-2)10-11-17-13(19)14(20)18(15(17)21)12-8-6-5-7-9-12;/h5-9H,3-4,10-11H2,1-2H3;1H.